The molecule has 0 saturated heterocycles. The van der Waals surface area contributed by atoms with Gasteiger partial charge in [-0.1, -0.05) is 32.9 Å². The summed E-state index contributed by atoms with van der Waals surface area (Å²) in [5, 5.41) is 0. The third-order valence-corrected chi connectivity index (χ3v) is 5.45. The van der Waals surface area contributed by atoms with Crippen LogP contribution < -0.4 is 4.72 Å². The third-order valence-electron chi connectivity index (χ3n) is 3.98. The van der Waals surface area contributed by atoms with Gasteiger partial charge in [0.2, 0.25) is 10.0 Å². The van der Waals surface area contributed by atoms with Gasteiger partial charge in [-0.15, -0.1) is 0 Å². The fourth-order valence-electron chi connectivity index (χ4n) is 2.25. The van der Waals surface area contributed by atoms with E-state index in [1.807, 2.05) is 19.2 Å². The van der Waals surface area contributed by atoms with E-state index < -0.39 is 10.0 Å². The molecule has 0 aliphatic heterocycles. The Morgan fingerprint density at radius 2 is 1.73 bits per heavy atom. The minimum Gasteiger partial charge on any atom is -0.302 e. The van der Waals surface area contributed by atoms with Crippen molar-refractivity contribution in [1.29, 1.82) is 0 Å². The predicted octanol–water partition coefficient (Wildman–Crippen LogP) is 2.89. The highest BCUT2D eigenvalue weighted by molar-refractivity contribution is 7.89. The van der Waals surface area contributed by atoms with E-state index in [2.05, 4.69) is 37.3 Å². The zero-order valence-electron chi connectivity index (χ0n) is 14.5. The zero-order valence-corrected chi connectivity index (χ0v) is 15.3. The van der Waals surface area contributed by atoms with Crippen LogP contribution in [-0.4, -0.2) is 39.5 Å². The molecule has 0 aromatic heterocycles. The van der Waals surface area contributed by atoms with Crippen LogP contribution in [0.3, 0.4) is 0 Å². The molecule has 22 heavy (non-hydrogen) atoms. The number of nitrogens with one attached hydrogen (secondary N) is 1. The van der Waals surface area contributed by atoms with Gasteiger partial charge in [-0.05, 0) is 50.4 Å². The Morgan fingerprint density at radius 3 is 2.23 bits per heavy atom. The summed E-state index contributed by atoms with van der Waals surface area (Å²) in [6, 6.07) is 7.65. The quantitative estimate of drug-likeness (QED) is 0.759. The lowest BCUT2D eigenvalue weighted by Gasteiger charge is -2.23. The molecule has 4 nitrogen and oxygen atoms in total. The van der Waals surface area contributed by atoms with Crippen molar-refractivity contribution in [2.75, 3.05) is 20.1 Å². The maximum absolute atomic E-state index is 12.3. The van der Waals surface area contributed by atoms with Crippen molar-refractivity contribution < 1.29 is 8.42 Å². The summed E-state index contributed by atoms with van der Waals surface area (Å²) in [4.78, 5) is 2.50. The third kappa shape index (κ3) is 6.07. The molecule has 5 heteroatoms. The van der Waals surface area contributed by atoms with Crippen molar-refractivity contribution in [3.63, 3.8) is 0 Å². The van der Waals surface area contributed by atoms with Crippen LogP contribution in [0.4, 0.5) is 0 Å². The Kier molecular flexibility index (Phi) is 7.53. The summed E-state index contributed by atoms with van der Waals surface area (Å²) in [5.74, 6) is 0.566. The van der Waals surface area contributed by atoms with Gasteiger partial charge in [0.05, 0.1) is 4.90 Å². The van der Waals surface area contributed by atoms with Crippen LogP contribution in [0.1, 0.15) is 39.7 Å². The standard InChI is InChI=1S/C17H30N2O2S/c1-6-15(4)19(5)12-11-18-22(20,21)17-9-7-16(8-10-17)13-14(2)3/h7-10,14-15,18H,6,11-13H2,1-5H3. The Morgan fingerprint density at radius 1 is 1.14 bits per heavy atom. The van der Waals surface area contributed by atoms with E-state index in [0.717, 1.165) is 12.8 Å². The van der Waals surface area contributed by atoms with Crippen LogP contribution in [-0.2, 0) is 16.4 Å². The number of benzene rings is 1. The van der Waals surface area contributed by atoms with Gasteiger partial charge in [0.15, 0.2) is 0 Å². The smallest absolute Gasteiger partial charge is 0.240 e. The summed E-state index contributed by atoms with van der Waals surface area (Å²) in [6.07, 6.45) is 2.02. The van der Waals surface area contributed by atoms with Gasteiger partial charge >= 0.3 is 0 Å². The molecule has 1 aromatic rings. The number of hydrogen-bond donors (Lipinski definition) is 1. The first-order chi connectivity index (χ1) is 10.3. The minimum atomic E-state index is -3.41. The maximum Gasteiger partial charge on any atom is 0.240 e. The zero-order chi connectivity index (χ0) is 16.8. The monoisotopic (exact) mass is 326 g/mol. The Balaban J connectivity index is 2.59. The van der Waals surface area contributed by atoms with E-state index in [1.165, 1.54) is 5.56 Å². The molecule has 1 rings (SSSR count). The molecular weight excluding hydrogens is 296 g/mol. The second-order valence-corrected chi connectivity index (χ2v) is 8.14. The molecule has 0 spiro atoms. The SMILES string of the molecule is CCC(C)N(C)CCNS(=O)(=O)c1ccc(CC(C)C)cc1. The number of rotatable bonds is 9. The van der Waals surface area contributed by atoms with Crippen molar-refractivity contribution in [1.82, 2.24) is 9.62 Å². The van der Waals surface area contributed by atoms with Gasteiger partial charge in [0.1, 0.15) is 0 Å². The van der Waals surface area contributed by atoms with Crippen LogP contribution in [0.25, 0.3) is 0 Å². The Bertz CT molecular complexity index is 538. The van der Waals surface area contributed by atoms with Crippen molar-refractivity contribution in [3.8, 4) is 0 Å². The number of likely N-dealkylation sites (N-methyl/N-ethyl adjacent to an activating group) is 1. The van der Waals surface area contributed by atoms with E-state index in [9.17, 15) is 8.42 Å². The molecule has 0 saturated carbocycles. The van der Waals surface area contributed by atoms with E-state index in [1.54, 1.807) is 12.1 Å². The summed E-state index contributed by atoms with van der Waals surface area (Å²) in [6.45, 7) is 9.71. The molecule has 0 fully saturated rings. The van der Waals surface area contributed by atoms with E-state index >= 15 is 0 Å². The van der Waals surface area contributed by atoms with Gasteiger partial charge in [-0.3, -0.25) is 0 Å². The van der Waals surface area contributed by atoms with Gasteiger partial charge in [0.25, 0.3) is 0 Å². The topological polar surface area (TPSA) is 49.4 Å². The largest absolute Gasteiger partial charge is 0.302 e. The Hall–Kier alpha value is -0.910. The van der Waals surface area contributed by atoms with Crippen molar-refractivity contribution in [3.05, 3.63) is 29.8 Å². The average molecular weight is 327 g/mol. The molecule has 1 N–H and O–H groups in total. The first-order valence-corrected chi connectivity index (χ1v) is 9.53. The highest BCUT2D eigenvalue weighted by Gasteiger charge is 2.14. The van der Waals surface area contributed by atoms with Gasteiger partial charge < -0.3 is 4.90 Å². The molecule has 1 aromatic carbocycles. The number of sulfonamides is 1. The van der Waals surface area contributed by atoms with Crippen LogP contribution in [0.5, 0.6) is 0 Å². The molecule has 1 atom stereocenters. The van der Waals surface area contributed by atoms with Crippen LogP contribution >= 0.6 is 0 Å². The van der Waals surface area contributed by atoms with Crippen molar-refractivity contribution >= 4 is 10.0 Å². The lowest BCUT2D eigenvalue weighted by atomic mass is 10.0. The first kappa shape index (κ1) is 19.1. The molecule has 0 radical (unpaired) electrons. The van der Waals surface area contributed by atoms with Crippen molar-refractivity contribution in [2.45, 2.75) is 51.5 Å². The summed E-state index contributed by atoms with van der Waals surface area (Å²) in [5.41, 5.74) is 1.17. The first-order valence-electron chi connectivity index (χ1n) is 8.05. The molecule has 0 amide bonds. The highest BCUT2D eigenvalue weighted by atomic mass is 32.2. The average Bonchev–Trinajstić information content (AvgIpc) is 2.46. The predicted molar refractivity (Wildman–Crippen MR) is 92.6 cm³/mol. The molecule has 0 aliphatic rings. The number of hydrogen-bond acceptors (Lipinski definition) is 3. The summed E-state index contributed by atoms with van der Waals surface area (Å²) < 4.78 is 27.2. The van der Waals surface area contributed by atoms with Crippen LogP contribution in [0, 0.1) is 5.92 Å². The van der Waals surface area contributed by atoms with Gasteiger partial charge in [0, 0.05) is 19.1 Å². The molecule has 1 unspecified atom stereocenters. The lowest BCUT2D eigenvalue weighted by Crippen LogP contribution is -2.37. The van der Waals surface area contributed by atoms with Gasteiger partial charge in [-0.2, -0.15) is 0 Å². The Labute approximate surface area is 136 Å². The second kappa shape index (κ2) is 8.65. The fraction of sp³-hybridized carbons (Fsp3) is 0.647. The van der Waals surface area contributed by atoms with Crippen molar-refractivity contribution in [2.24, 2.45) is 5.92 Å². The highest BCUT2D eigenvalue weighted by Crippen LogP contribution is 2.13. The van der Waals surface area contributed by atoms with E-state index in [-0.39, 0.29) is 0 Å². The van der Waals surface area contributed by atoms with E-state index in [4.69, 9.17) is 0 Å². The summed E-state index contributed by atoms with van der Waals surface area (Å²) in [7, 11) is -1.39. The number of nitrogens with zero attached hydrogens (tertiary/aromatic N) is 1. The molecule has 0 heterocycles. The summed E-state index contributed by atoms with van der Waals surface area (Å²) >= 11 is 0. The fourth-order valence-corrected chi connectivity index (χ4v) is 3.27. The second-order valence-electron chi connectivity index (χ2n) is 6.38. The molecule has 0 bridgehead atoms. The molecule has 126 valence electrons. The van der Waals surface area contributed by atoms with Gasteiger partial charge in [-0.25, -0.2) is 13.1 Å². The molecular formula is C17H30N2O2S. The minimum absolute atomic E-state index is 0.339. The maximum atomic E-state index is 12.3. The van der Waals surface area contributed by atoms with Crippen LogP contribution in [0.2, 0.25) is 0 Å². The van der Waals surface area contributed by atoms with Crippen LogP contribution in [0.15, 0.2) is 29.2 Å². The normalized spacial score (nSPS) is 13.8. The molecule has 0 aliphatic carbocycles. The lowest BCUT2D eigenvalue weighted by molar-refractivity contribution is 0.256. The van der Waals surface area contributed by atoms with E-state index in [0.29, 0.717) is 29.9 Å².